The van der Waals surface area contributed by atoms with E-state index < -0.39 is 6.03 Å². The van der Waals surface area contributed by atoms with Gasteiger partial charge >= 0.3 is 6.03 Å². The van der Waals surface area contributed by atoms with E-state index in [2.05, 4.69) is 51.7 Å². The van der Waals surface area contributed by atoms with Crippen LogP contribution in [0.15, 0.2) is 30.9 Å². The zero-order chi connectivity index (χ0) is 23.4. The number of fused-ring (bicyclic) bond motifs is 1. The highest BCUT2D eigenvalue weighted by Crippen LogP contribution is 2.29. The molecule has 0 atom stereocenters. The number of aromatic nitrogens is 4. The number of aryl methyl sites for hydroxylation is 1. The van der Waals surface area contributed by atoms with E-state index >= 15 is 0 Å². The number of halogens is 1. The van der Waals surface area contributed by atoms with Crippen LogP contribution in [-0.4, -0.2) is 39.4 Å². The molecular weight excluding hydrogens is 428 g/mol. The monoisotopic (exact) mass is 456 g/mol. The Kier molecular flexibility index (Phi) is 7.19. The molecule has 170 valence electrons. The Labute approximate surface area is 192 Å². The lowest BCUT2D eigenvalue weighted by Gasteiger charge is -2.17. The molecule has 0 aromatic carbocycles. The first-order valence-electron chi connectivity index (χ1n) is 10.4. The molecule has 2 amide bonds. The first-order valence-corrected chi connectivity index (χ1v) is 10.8. The van der Waals surface area contributed by atoms with Gasteiger partial charge in [-0.3, -0.25) is 10.9 Å². The summed E-state index contributed by atoms with van der Waals surface area (Å²) in [5.74, 6) is 1.44. The number of pyridine rings is 2. The largest absolute Gasteiger partial charge is 0.360 e. The molecule has 0 unspecified atom stereocenters. The first kappa shape index (κ1) is 23.3. The van der Waals surface area contributed by atoms with Gasteiger partial charge in [-0.2, -0.15) is 5.10 Å². The molecule has 3 rings (SSSR count). The fraction of sp³-hybridized carbons (Fsp3) is 0.364. The minimum Gasteiger partial charge on any atom is -0.360 e. The van der Waals surface area contributed by atoms with E-state index in [0.717, 1.165) is 28.8 Å². The van der Waals surface area contributed by atoms with E-state index in [1.54, 1.807) is 22.9 Å². The Morgan fingerprint density at radius 2 is 2.06 bits per heavy atom. The molecule has 0 aliphatic rings. The minimum atomic E-state index is -0.457. The van der Waals surface area contributed by atoms with E-state index in [9.17, 15) is 4.79 Å². The number of carbonyl (C=O) groups is 1. The van der Waals surface area contributed by atoms with Crippen molar-refractivity contribution in [1.29, 1.82) is 0 Å². The van der Waals surface area contributed by atoms with Gasteiger partial charge in [0.15, 0.2) is 5.65 Å². The van der Waals surface area contributed by atoms with Crippen molar-refractivity contribution in [1.82, 2.24) is 25.2 Å². The van der Waals surface area contributed by atoms with Crippen LogP contribution in [0.5, 0.6) is 0 Å². The Morgan fingerprint density at radius 1 is 1.31 bits per heavy atom. The summed E-state index contributed by atoms with van der Waals surface area (Å²) in [5.41, 5.74) is 8.81. The molecule has 10 heteroatoms. The molecule has 0 spiro atoms. The standard InChI is InChI=1S/C22H29ClN8O/c1-7-9-31-21-20(14(5)29-31)16(13(3)4)12-18(26-21)27-28-22(32)24-15-10-17(23)25-19(11-15)30(6)8-2/h7,10-13H,1,8-9H2,2-6H3,(H,26,27)(H2,24,25,28,32). The Balaban J connectivity index is 1.80. The topological polar surface area (TPSA) is 100 Å². The molecule has 0 aliphatic heterocycles. The molecule has 0 bridgehead atoms. The number of rotatable bonds is 8. The summed E-state index contributed by atoms with van der Waals surface area (Å²) in [6, 6.07) is 4.82. The van der Waals surface area contributed by atoms with Crippen molar-refractivity contribution in [3.8, 4) is 0 Å². The van der Waals surface area contributed by atoms with Crippen molar-refractivity contribution < 1.29 is 4.79 Å². The van der Waals surface area contributed by atoms with Gasteiger partial charge in [0.05, 0.1) is 12.2 Å². The number of hydrogen-bond acceptors (Lipinski definition) is 6. The number of allylic oxidation sites excluding steroid dienone is 1. The highest BCUT2D eigenvalue weighted by Gasteiger charge is 2.17. The van der Waals surface area contributed by atoms with Crippen LogP contribution >= 0.6 is 11.6 Å². The Morgan fingerprint density at radius 3 is 2.72 bits per heavy atom. The number of hydrogen-bond donors (Lipinski definition) is 3. The van der Waals surface area contributed by atoms with Crippen molar-refractivity contribution >= 4 is 46.0 Å². The average Bonchev–Trinajstić information content (AvgIpc) is 3.06. The zero-order valence-electron chi connectivity index (χ0n) is 19.0. The van der Waals surface area contributed by atoms with Gasteiger partial charge in [0.25, 0.3) is 0 Å². The van der Waals surface area contributed by atoms with E-state index in [1.165, 1.54) is 0 Å². The number of nitrogens with one attached hydrogen (secondary N) is 3. The van der Waals surface area contributed by atoms with Crippen LogP contribution in [0.4, 0.5) is 22.1 Å². The summed E-state index contributed by atoms with van der Waals surface area (Å²) in [6.07, 6.45) is 1.78. The second-order valence-corrected chi connectivity index (χ2v) is 8.15. The highest BCUT2D eigenvalue weighted by atomic mass is 35.5. The molecule has 0 aliphatic carbocycles. The quantitative estimate of drug-likeness (QED) is 0.258. The van der Waals surface area contributed by atoms with Gasteiger partial charge < -0.3 is 10.2 Å². The predicted molar refractivity (Wildman–Crippen MR) is 131 cm³/mol. The molecule has 0 fully saturated rings. The second-order valence-electron chi connectivity index (χ2n) is 7.76. The number of amides is 2. The summed E-state index contributed by atoms with van der Waals surface area (Å²) in [6.45, 7) is 13.3. The third kappa shape index (κ3) is 5.11. The van der Waals surface area contributed by atoms with Crippen molar-refractivity contribution in [2.75, 3.05) is 29.2 Å². The summed E-state index contributed by atoms with van der Waals surface area (Å²) in [4.78, 5) is 23.3. The Hall–Kier alpha value is -3.33. The molecule has 0 radical (unpaired) electrons. The lowest BCUT2D eigenvalue weighted by atomic mass is 10.00. The molecule has 32 heavy (non-hydrogen) atoms. The van der Waals surface area contributed by atoms with Gasteiger partial charge in [-0.25, -0.2) is 19.4 Å². The van der Waals surface area contributed by atoms with Crippen molar-refractivity contribution in [2.24, 2.45) is 0 Å². The normalized spacial score (nSPS) is 11.0. The number of nitrogens with zero attached hydrogens (tertiary/aromatic N) is 5. The lowest BCUT2D eigenvalue weighted by molar-refractivity contribution is 0.254. The van der Waals surface area contributed by atoms with Crippen LogP contribution in [0, 0.1) is 6.92 Å². The summed E-state index contributed by atoms with van der Waals surface area (Å²) in [5, 5.41) is 8.67. The minimum absolute atomic E-state index is 0.253. The van der Waals surface area contributed by atoms with E-state index in [-0.39, 0.29) is 5.92 Å². The van der Waals surface area contributed by atoms with E-state index in [0.29, 0.717) is 29.0 Å². The van der Waals surface area contributed by atoms with Gasteiger partial charge in [0, 0.05) is 30.7 Å². The van der Waals surface area contributed by atoms with Crippen molar-refractivity contribution in [3.63, 3.8) is 0 Å². The predicted octanol–water partition coefficient (Wildman–Crippen LogP) is 4.70. The molecule has 3 heterocycles. The average molecular weight is 457 g/mol. The molecule has 3 N–H and O–H groups in total. The van der Waals surface area contributed by atoms with Crippen LogP contribution < -0.4 is 21.1 Å². The van der Waals surface area contributed by atoms with E-state index in [1.807, 2.05) is 31.9 Å². The first-order chi connectivity index (χ1) is 15.2. The van der Waals surface area contributed by atoms with Crippen LogP contribution in [0.1, 0.15) is 37.9 Å². The van der Waals surface area contributed by atoms with Crippen molar-refractivity contribution in [3.05, 3.63) is 47.3 Å². The fourth-order valence-corrected chi connectivity index (χ4v) is 3.56. The molecule has 3 aromatic heterocycles. The van der Waals surface area contributed by atoms with Gasteiger partial charge in [0.1, 0.15) is 16.8 Å². The summed E-state index contributed by atoms with van der Waals surface area (Å²) >= 11 is 6.10. The number of anilines is 3. The van der Waals surface area contributed by atoms with Crippen molar-refractivity contribution in [2.45, 2.75) is 40.2 Å². The third-order valence-corrected chi connectivity index (χ3v) is 5.23. The molecule has 0 saturated carbocycles. The maximum atomic E-state index is 12.5. The second kappa shape index (κ2) is 9.86. The zero-order valence-corrected chi connectivity index (χ0v) is 19.8. The number of carbonyl (C=O) groups excluding carboxylic acids is 1. The van der Waals surface area contributed by atoms with Crippen LogP contribution in [-0.2, 0) is 6.54 Å². The lowest BCUT2D eigenvalue weighted by Crippen LogP contribution is -2.34. The summed E-state index contributed by atoms with van der Waals surface area (Å²) < 4.78 is 1.81. The number of hydrazine groups is 1. The molecular formula is C22H29ClN8O. The van der Waals surface area contributed by atoms with Gasteiger partial charge in [-0.05, 0) is 37.5 Å². The highest BCUT2D eigenvalue weighted by molar-refractivity contribution is 6.29. The van der Waals surface area contributed by atoms with Gasteiger partial charge in [-0.15, -0.1) is 6.58 Å². The van der Waals surface area contributed by atoms with Crippen LogP contribution in [0.2, 0.25) is 5.15 Å². The molecule has 3 aromatic rings. The third-order valence-electron chi connectivity index (χ3n) is 5.04. The maximum Gasteiger partial charge on any atom is 0.337 e. The molecule has 0 saturated heterocycles. The van der Waals surface area contributed by atoms with E-state index in [4.69, 9.17) is 11.6 Å². The SMILES string of the molecule is C=CCn1nc(C)c2c(C(C)C)cc(NNC(=O)Nc3cc(Cl)nc(N(C)CC)c3)nc21. The molecule has 9 nitrogen and oxygen atoms in total. The fourth-order valence-electron chi connectivity index (χ4n) is 3.35. The number of urea groups is 1. The van der Waals surface area contributed by atoms with Crippen LogP contribution in [0.3, 0.4) is 0 Å². The van der Waals surface area contributed by atoms with Gasteiger partial charge in [-0.1, -0.05) is 31.5 Å². The van der Waals surface area contributed by atoms with Crippen LogP contribution in [0.25, 0.3) is 11.0 Å². The maximum absolute atomic E-state index is 12.5. The van der Waals surface area contributed by atoms with Gasteiger partial charge in [0.2, 0.25) is 0 Å². The smallest absolute Gasteiger partial charge is 0.337 e. The Bertz CT molecular complexity index is 1140. The summed E-state index contributed by atoms with van der Waals surface area (Å²) in [7, 11) is 1.90.